The van der Waals surface area contributed by atoms with Gasteiger partial charge >= 0.3 is 0 Å². The van der Waals surface area contributed by atoms with Gasteiger partial charge in [0.15, 0.2) is 11.5 Å². The minimum absolute atomic E-state index is 0.138. The zero-order valence-electron chi connectivity index (χ0n) is 12.1. The fraction of sp³-hybridized carbons (Fsp3) is 0.533. The van der Waals surface area contributed by atoms with Gasteiger partial charge in [-0.2, -0.15) is 0 Å². The molecule has 0 atom stereocenters. The Kier molecular flexibility index (Phi) is 3.88. The van der Waals surface area contributed by atoms with Crippen LogP contribution in [0.25, 0.3) is 0 Å². The van der Waals surface area contributed by atoms with Crippen LogP contribution in [0.3, 0.4) is 0 Å². The third-order valence-electron chi connectivity index (χ3n) is 3.74. The highest BCUT2D eigenvalue weighted by atomic mass is 16.7. The van der Waals surface area contributed by atoms with Gasteiger partial charge in [-0.25, -0.2) is 0 Å². The molecule has 2 aliphatic rings. The summed E-state index contributed by atoms with van der Waals surface area (Å²) in [7, 11) is 1.74. The number of hydrogen-bond donors (Lipinski definition) is 1. The van der Waals surface area contributed by atoms with Gasteiger partial charge in [-0.15, -0.1) is 0 Å². The lowest BCUT2D eigenvalue weighted by molar-refractivity contribution is 0.0681. The fourth-order valence-electron chi connectivity index (χ4n) is 2.19. The van der Waals surface area contributed by atoms with Crippen LogP contribution in [0.2, 0.25) is 0 Å². The lowest BCUT2D eigenvalue weighted by Crippen LogP contribution is -2.30. The Morgan fingerprint density at radius 3 is 2.81 bits per heavy atom. The number of hydrogen-bond acceptors (Lipinski definition) is 5. The van der Waals surface area contributed by atoms with Crippen molar-refractivity contribution in [2.24, 2.45) is 5.92 Å². The van der Waals surface area contributed by atoms with Gasteiger partial charge in [0.2, 0.25) is 6.79 Å². The molecule has 1 amide bonds. The van der Waals surface area contributed by atoms with Crippen LogP contribution in [0.4, 0.5) is 5.69 Å². The van der Waals surface area contributed by atoms with Crippen LogP contribution in [0.1, 0.15) is 23.2 Å². The zero-order chi connectivity index (χ0) is 14.8. The molecule has 1 aromatic carbocycles. The summed E-state index contributed by atoms with van der Waals surface area (Å²) in [5, 5.41) is 0. The number of carbonyl (C=O) groups is 1. The molecule has 114 valence electrons. The third-order valence-corrected chi connectivity index (χ3v) is 3.74. The number of carbonyl (C=O) groups excluding carboxylic acids is 1. The maximum Gasteiger partial charge on any atom is 0.255 e. The number of nitrogens with zero attached hydrogens (tertiary/aromatic N) is 1. The molecule has 3 rings (SSSR count). The minimum Gasteiger partial charge on any atom is -0.454 e. The van der Waals surface area contributed by atoms with Crippen molar-refractivity contribution in [3.05, 3.63) is 17.7 Å². The molecule has 1 saturated carbocycles. The first kappa shape index (κ1) is 14.0. The Labute approximate surface area is 123 Å². The Hall–Kier alpha value is -1.95. The maximum atomic E-state index is 12.4. The second kappa shape index (κ2) is 5.81. The van der Waals surface area contributed by atoms with Crippen molar-refractivity contribution in [2.45, 2.75) is 12.8 Å². The van der Waals surface area contributed by atoms with E-state index in [0.29, 0.717) is 35.9 Å². The topological polar surface area (TPSA) is 74.0 Å². The molecule has 0 saturated heterocycles. The summed E-state index contributed by atoms with van der Waals surface area (Å²) in [6.45, 7) is 2.05. The van der Waals surface area contributed by atoms with Crippen LogP contribution < -0.4 is 15.2 Å². The molecular weight excluding hydrogens is 272 g/mol. The summed E-state index contributed by atoms with van der Waals surface area (Å²) in [6, 6.07) is 3.27. The van der Waals surface area contributed by atoms with E-state index < -0.39 is 0 Å². The van der Waals surface area contributed by atoms with Crippen LogP contribution >= 0.6 is 0 Å². The molecular formula is C15H20N2O4. The molecule has 0 aromatic heterocycles. The molecule has 0 spiro atoms. The van der Waals surface area contributed by atoms with Gasteiger partial charge in [0.1, 0.15) is 0 Å². The van der Waals surface area contributed by atoms with E-state index in [4.69, 9.17) is 19.9 Å². The van der Waals surface area contributed by atoms with Crippen LogP contribution in [-0.2, 0) is 4.74 Å². The van der Waals surface area contributed by atoms with Gasteiger partial charge in [0.25, 0.3) is 5.91 Å². The quantitative estimate of drug-likeness (QED) is 0.635. The number of nitrogens with two attached hydrogens (primary N) is 1. The second-order valence-electron chi connectivity index (χ2n) is 5.54. The molecule has 2 N–H and O–H groups in total. The van der Waals surface area contributed by atoms with E-state index in [2.05, 4.69) is 0 Å². The van der Waals surface area contributed by atoms with Gasteiger partial charge in [0.05, 0.1) is 12.2 Å². The first-order valence-electron chi connectivity index (χ1n) is 7.17. The average molecular weight is 292 g/mol. The van der Waals surface area contributed by atoms with E-state index in [0.717, 1.165) is 12.5 Å². The number of benzene rings is 1. The van der Waals surface area contributed by atoms with Crippen molar-refractivity contribution >= 4 is 11.6 Å². The van der Waals surface area contributed by atoms with E-state index in [1.54, 1.807) is 24.1 Å². The Bertz CT molecular complexity index is 543. The summed E-state index contributed by atoms with van der Waals surface area (Å²) in [6.07, 6.45) is 2.53. The number of fused-ring (bicyclic) bond motifs is 1. The van der Waals surface area contributed by atoms with E-state index >= 15 is 0 Å². The smallest absolute Gasteiger partial charge is 0.255 e. The molecule has 1 aliphatic heterocycles. The van der Waals surface area contributed by atoms with Gasteiger partial charge in [-0.05, 0) is 24.8 Å². The van der Waals surface area contributed by atoms with Crippen LogP contribution in [0, 0.1) is 5.92 Å². The highest BCUT2D eigenvalue weighted by Gasteiger charge is 2.23. The monoisotopic (exact) mass is 292 g/mol. The minimum atomic E-state index is -0.138. The molecule has 1 aromatic rings. The highest BCUT2D eigenvalue weighted by molar-refractivity contribution is 6.00. The molecule has 0 radical (unpaired) electrons. The van der Waals surface area contributed by atoms with Crippen molar-refractivity contribution in [1.29, 1.82) is 0 Å². The van der Waals surface area contributed by atoms with Crippen LogP contribution in [0.5, 0.6) is 11.5 Å². The van der Waals surface area contributed by atoms with Crippen LogP contribution in [0.15, 0.2) is 12.1 Å². The molecule has 6 nitrogen and oxygen atoms in total. The predicted molar refractivity (Wildman–Crippen MR) is 77.5 cm³/mol. The van der Waals surface area contributed by atoms with Crippen molar-refractivity contribution < 1.29 is 19.0 Å². The van der Waals surface area contributed by atoms with Gasteiger partial charge in [0, 0.05) is 32.0 Å². The molecule has 6 heteroatoms. The number of nitrogen functional groups attached to an aromatic ring is 1. The number of anilines is 1. The summed E-state index contributed by atoms with van der Waals surface area (Å²) in [4.78, 5) is 14.0. The van der Waals surface area contributed by atoms with Crippen LogP contribution in [-0.4, -0.2) is 44.4 Å². The van der Waals surface area contributed by atoms with Crippen molar-refractivity contribution in [1.82, 2.24) is 4.90 Å². The van der Waals surface area contributed by atoms with Crippen molar-refractivity contribution in [3.8, 4) is 11.5 Å². The normalized spacial score (nSPS) is 16.0. The van der Waals surface area contributed by atoms with Crippen molar-refractivity contribution in [3.63, 3.8) is 0 Å². The average Bonchev–Trinajstić information content (AvgIpc) is 3.19. The maximum absolute atomic E-state index is 12.4. The second-order valence-corrected chi connectivity index (χ2v) is 5.54. The SMILES string of the molecule is CN(CCOCC1CC1)C(=O)c1cc2c(cc1N)OCO2. The largest absolute Gasteiger partial charge is 0.454 e. The van der Waals surface area contributed by atoms with Gasteiger partial charge < -0.3 is 24.8 Å². The molecule has 1 fully saturated rings. The van der Waals surface area contributed by atoms with E-state index in [1.807, 2.05) is 0 Å². The summed E-state index contributed by atoms with van der Waals surface area (Å²) in [5.74, 6) is 1.74. The summed E-state index contributed by atoms with van der Waals surface area (Å²) < 4.78 is 16.1. The number of likely N-dealkylation sites (N-methyl/N-ethyl adjacent to an activating group) is 1. The Balaban J connectivity index is 1.58. The van der Waals surface area contributed by atoms with Gasteiger partial charge in [-0.3, -0.25) is 4.79 Å². The van der Waals surface area contributed by atoms with E-state index in [-0.39, 0.29) is 12.7 Å². The molecule has 0 unspecified atom stereocenters. The number of amides is 1. The Morgan fingerprint density at radius 1 is 1.38 bits per heavy atom. The van der Waals surface area contributed by atoms with E-state index in [1.165, 1.54) is 12.8 Å². The zero-order valence-corrected chi connectivity index (χ0v) is 12.1. The Morgan fingerprint density at radius 2 is 2.10 bits per heavy atom. The summed E-state index contributed by atoms with van der Waals surface area (Å²) >= 11 is 0. The predicted octanol–water partition coefficient (Wildman–Crippen LogP) is 1.50. The summed E-state index contributed by atoms with van der Waals surface area (Å²) in [5.41, 5.74) is 6.75. The highest BCUT2D eigenvalue weighted by Crippen LogP contribution is 2.36. The van der Waals surface area contributed by atoms with E-state index in [9.17, 15) is 4.79 Å². The fourth-order valence-corrected chi connectivity index (χ4v) is 2.19. The standard InChI is InChI=1S/C15H20N2O4/c1-17(4-5-19-8-10-2-3-10)15(18)11-6-13-14(7-12(11)16)21-9-20-13/h6-7,10H,2-5,8-9,16H2,1H3. The van der Waals surface area contributed by atoms with Crippen molar-refractivity contribution in [2.75, 3.05) is 39.3 Å². The first-order valence-corrected chi connectivity index (χ1v) is 7.17. The number of rotatable bonds is 6. The lowest BCUT2D eigenvalue weighted by Gasteiger charge is -2.18. The van der Waals surface area contributed by atoms with Gasteiger partial charge in [-0.1, -0.05) is 0 Å². The molecule has 0 bridgehead atoms. The number of ether oxygens (including phenoxy) is 3. The molecule has 1 heterocycles. The molecule has 1 aliphatic carbocycles. The third kappa shape index (κ3) is 3.21. The first-order chi connectivity index (χ1) is 10.1. The lowest BCUT2D eigenvalue weighted by atomic mass is 10.1. The molecule has 21 heavy (non-hydrogen) atoms.